The number of carboxylic acid groups (broad SMARTS) is 1. The zero-order chi connectivity index (χ0) is 14.1. The average Bonchev–Trinajstić information content (AvgIpc) is 2.47. The molecule has 0 saturated heterocycles. The lowest BCUT2D eigenvalue weighted by molar-refractivity contribution is -0.129. The number of halogens is 1. The van der Waals surface area contributed by atoms with E-state index in [1.807, 2.05) is 36.4 Å². The van der Waals surface area contributed by atoms with Crippen molar-refractivity contribution in [2.24, 2.45) is 4.99 Å². The summed E-state index contributed by atoms with van der Waals surface area (Å²) >= 11 is 6.04. The van der Waals surface area contributed by atoms with Crippen LogP contribution in [0.25, 0.3) is 0 Å². The van der Waals surface area contributed by atoms with Gasteiger partial charge in [-0.25, -0.2) is 9.79 Å². The summed E-state index contributed by atoms with van der Waals surface area (Å²) in [5.74, 6) is -1.14. The fraction of sp³-hybridized carbons (Fsp3) is 0.0667. The Kier molecular flexibility index (Phi) is 3.16. The van der Waals surface area contributed by atoms with Crippen molar-refractivity contribution in [1.29, 1.82) is 0 Å². The minimum Gasteiger partial charge on any atom is -0.475 e. The number of rotatable bonds is 2. The Morgan fingerprint density at radius 2 is 1.95 bits per heavy atom. The first kappa shape index (κ1) is 12.7. The second-order valence-electron chi connectivity index (χ2n) is 4.45. The molecule has 4 nitrogen and oxygen atoms in total. The third kappa shape index (κ3) is 2.26. The number of amidine groups is 1. The number of benzene rings is 2. The highest BCUT2D eigenvalue weighted by molar-refractivity contribution is 6.40. The van der Waals surface area contributed by atoms with Crippen molar-refractivity contribution in [2.75, 3.05) is 5.32 Å². The molecule has 0 amide bonds. The van der Waals surface area contributed by atoms with Gasteiger partial charge in [-0.05, 0) is 23.8 Å². The topological polar surface area (TPSA) is 61.7 Å². The molecule has 5 heteroatoms. The van der Waals surface area contributed by atoms with Gasteiger partial charge in [0.15, 0.2) is 0 Å². The lowest BCUT2D eigenvalue weighted by Crippen LogP contribution is -2.28. The minimum absolute atomic E-state index is 0.0614. The molecule has 1 aliphatic heterocycles. The van der Waals surface area contributed by atoms with Crippen molar-refractivity contribution < 1.29 is 9.90 Å². The van der Waals surface area contributed by atoms with Crippen molar-refractivity contribution in [3.8, 4) is 0 Å². The molecule has 1 atom stereocenters. The molecule has 3 rings (SSSR count). The lowest BCUT2D eigenvalue weighted by atomic mass is 9.96. The quantitative estimate of drug-likeness (QED) is 0.890. The van der Waals surface area contributed by atoms with E-state index >= 15 is 0 Å². The van der Waals surface area contributed by atoms with Gasteiger partial charge in [-0.1, -0.05) is 41.9 Å². The van der Waals surface area contributed by atoms with E-state index in [1.165, 1.54) is 0 Å². The van der Waals surface area contributed by atoms with Gasteiger partial charge in [0, 0.05) is 16.3 Å². The summed E-state index contributed by atoms with van der Waals surface area (Å²) in [6.07, 6.45) is 0. The van der Waals surface area contributed by atoms with E-state index in [2.05, 4.69) is 10.3 Å². The first-order valence-electron chi connectivity index (χ1n) is 6.07. The Morgan fingerprint density at radius 3 is 2.65 bits per heavy atom. The highest BCUT2D eigenvalue weighted by Gasteiger charge is 2.25. The Hall–Kier alpha value is -2.33. The number of aliphatic carboxylic acids is 1. The van der Waals surface area contributed by atoms with Gasteiger partial charge in [-0.2, -0.15) is 0 Å². The maximum atomic E-state index is 11.2. The molecule has 1 aliphatic rings. The van der Waals surface area contributed by atoms with E-state index in [0.29, 0.717) is 5.02 Å². The second-order valence-corrected chi connectivity index (χ2v) is 4.89. The third-order valence-corrected chi connectivity index (χ3v) is 3.37. The molecular formula is C15H11ClN2O2. The molecule has 0 aromatic heterocycles. The molecule has 2 aromatic carbocycles. The van der Waals surface area contributed by atoms with Crippen LogP contribution in [-0.2, 0) is 4.79 Å². The van der Waals surface area contributed by atoms with Crippen molar-refractivity contribution >= 4 is 29.1 Å². The van der Waals surface area contributed by atoms with Crippen molar-refractivity contribution in [3.63, 3.8) is 0 Å². The normalized spacial score (nSPS) is 16.9. The molecule has 2 N–H and O–H groups in total. The highest BCUT2D eigenvalue weighted by Crippen LogP contribution is 2.36. The third-order valence-electron chi connectivity index (χ3n) is 3.14. The Balaban J connectivity index is 2.16. The summed E-state index contributed by atoms with van der Waals surface area (Å²) in [6, 6.07) is 14.5. The molecule has 0 aliphatic carbocycles. The number of hydrogen-bond donors (Lipinski definition) is 2. The molecule has 20 heavy (non-hydrogen) atoms. The van der Waals surface area contributed by atoms with Crippen LogP contribution in [-0.4, -0.2) is 16.9 Å². The monoisotopic (exact) mass is 286 g/mol. The number of fused-ring (bicyclic) bond motifs is 1. The van der Waals surface area contributed by atoms with E-state index in [1.54, 1.807) is 12.1 Å². The SMILES string of the molecule is O=C(O)C1=N[C@@H](c2ccccc2)c2cc(Cl)ccc2N1. The van der Waals surface area contributed by atoms with Crippen LogP contribution in [0.1, 0.15) is 17.2 Å². The van der Waals surface area contributed by atoms with E-state index in [4.69, 9.17) is 16.7 Å². The predicted molar refractivity (Wildman–Crippen MR) is 78.4 cm³/mol. The van der Waals surface area contributed by atoms with Crippen LogP contribution in [0.15, 0.2) is 53.5 Å². The second kappa shape index (κ2) is 4.98. The number of carboxylic acids is 1. The molecule has 2 aromatic rings. The molecular weight excluding hydrogens is 276 g/mol. The molecule has 0 fully saturated rings. The van der Waals surface area contributed by atoms with Crippen LogP contribution in [0.4, 0.5) is 5.69 Å². The van der Waals surface area contributed by atoms with E-state index in [-0.39, 0.29) is 11.9 Å². The zero-order valence-electron chi connectivity index (χ0n) is 10.4. The van der Waals surface area contributed by atoms with Gasteiger partial charge in [0.05, 0.1) is 0 Å². The number of hydrogen-bond acceptors (Lipinski definition) is 3. The van der Waals surface area contributed by atoms with Gasteiger partial charge in [-0.3, -0.25) is 0 Å². The van der Waals surface area contributed by atoms with Gasteiger partial charge in [0.1, 0.15) is 6.04 Å². The highest BCUT2D eigenvalue weighted by atomic mass is 35.5. The number of carbonyl (C=O) groups is 1. The fourth-order valence-electron chi connectivity index (χ4n) is 2.23. The predicted octanol–water partition coefficient (Wildman–Crippen LogP) is 3.34. The summed E-state index contributed by atoms with van der Waals surface area (Å²) < 4.78 is 0. The van der Waals surface area contributed by atoms with Gasteiger partial charge in [0.2, 0.25) is 5.84 Å². The molecule has 100 valence electrons. The lowest BCUT2D eigenvalue weighted by Gasteiger charge is -2.24. The van der Waals surface area contributed by atoms with Gasteiger partial charge in [-0.15, -0.1) is 0 Å². The maximum Gasteiger partial charge on any atom is 0.371 e. The first-order chi connectivity index (χ1) is 9.65. The van der Waals surface area contributed by atoms with Gasteiger partial charge in [0.25, 0.3) is 0 Å². The van der Waals surface area contributed by atoms with E-state index in [0.717, 1.165) is 16.8 Å². The van der Waals surface area contributed by atoms with Gasteiger partial charge >= 0.3 is 5.97 Å². The Morgan fingerprint density at radius 1 is 1.20 bits per heavy atom. The molecule has 0 unspecified atom stereocenters. The van der Waals surface area contributed by atoms with Crippen molar-refractivity contribution in [3.05, 3.63) is 64.7 Å². The fourth-order valence-corrected chi connectivity index (χ4v) is 2.41. The maximum absolute atomic E-state index is 11.2. The summed E-state index contributed by atoms with van der Waals surface area (Å²) in [5.41, 5.74) is 2.51. The largest absolute Gasteiger partial charge is 0.475 e. The van der Waals surface area contributed by atoms with Crippen LogP contribution in [0, 0.1) is 0 Å². The van der Waals surface area contributed by atoms with Crippen LogP contribution in [0.5, 0.6) is 0 Å². The van der Waals surface area contributed by atoms with Crippen molar-refractivity contribution in [2.45, 2.75) is 6.04 Å². The van der Waals surface area contributed by atoms with Crippen LogP contribution in [0.2, 0.25) is 5.02 Å². The molecule has 0 bridgehead atoms. The number of nitrogens with zero attached hydrogens (tertiary/aromatic N) is 1. The zero-order valence-corrected chi connectivity index (χ0v) is 11.1. The smallest absolute Gasteiger partial charge is 0.371 e. The average molecular weight is 287 g/mol. The molecule has 0 spiro atoms. The van der Waals surface area contributed by atoms with Gasteiger partial charge < -0.3 is 10.4 Å². The summed E-state index contributed by atoms with van der Waals surface area (Å²) in [7, 11) is 0. The summed E-state index contributed by atoms with van der Waals surface area (Å²) in [6.45, 7) is 0. The standard InChI is InChI=1S/C15H11ClN2O2/c16-10-6-7-12-11(8-10)13(9-4-2-1-3-5-9)18-14(17-12)15(19)20/h1-8,13H,(H,17,18)(H,19,20)/t13-/m0/s1. The molecule has 0 saturated carbocycles. The Bertz CT molecular complexity index is 698. The Labute approximate surface area is 120 Å². The number of anilines is 1. The first-order valence-corrected chi connectivity index (χ1v) is 6.45. The minimum atomic E-state index is -1.08. The number of nitrogens with one attached hydrogen (secondary N) is 1. The number of aliphatic imine (C=N–C) groups is 1. The summed E-state index contributed by atoms with van der Waals surface area (Å²) in [5, 5.41) is 12.6. The molecule has 0 radical (unpaired) electrons. The van der Waals surface area contributed by atoms with Crippen LogP contribution >= 0.6 is 11.6 Å². The van der Waals surface area contributed by atoms with E-state index in [9.17, 15) is 4.79 Å². The van der Waals surface area contributed by atoms with Crippen LogP contribution < -0.4 is 5.32 Å². The summed E-state index contributed by atoms with van der Waals surface area (Å²) in [4.78, 5) is 15.5. The molecule has 1 heterocycles. The van der Waals surface area contributed by atoms with Crippen LogP contribution in [0.3, 0.4) is 0 Å². The van der Waals surface area contributed by atoms with E-state index < -0.39 is 5.97 Å². The van der Waals surface area contributed by atoms with Crippen molar-refractivity contribution in [1.82, 2.24) is 0 Å².